The van der Waals surface area contributed by atoms with E-state index < -0.39 is 0 Å². The van der Waals surface area contributed by atoms with Crippen LogP contribution in [0.5, 0.6) is 0 Å². The Bertz CT molecular complexity index is 691. The molecule has 24 heavy (non-hydrogen) atoms. The van der Waals surface area contributed by atoms with Crippen LogP contribution in [0.2, 0.25) is 10.0 Å². The topological polar surface area (TPSA) is 50.2 Å². The number of rotatable bonds is 4. The fourth-order valence-corrected chi connectivity index (χ4v) is 3.26. The zero-order valence-electron chi connectivity index (χ0n) is 13.0. The van der Waals surface area contributed by atoms with Crippen molar-refractivity contribution in [3.05, 3.63) is 52.3 Å². The summed E-state index contributed by atoms with van der Waals surface area (Å²) < 4.78 is 1.69. The smallest absolute Gasteiger partial charge is 0.225 e. The van der Waals surface area contributed by atoms with Crippen molar-refractivity contribution < 1.29 is 4.79 Å². The number of halogens is 3. The highest BCUT2D eigenvalue weighted by atomic mass is 35.5. The molecule has 3 rings (SSSR count). The van der Waals surface area contributed by atoms with Crippen LogP contribution in [0.1, 0.15) is 18.0 Å². The molecular formula is C16H19Cl3N4O. The van der Waals surface area contributed by atoms with Crippen molar-refractivity contribution >= 4 is 41.5 Å². The molecule has 1 unspecified atom stereocenters. The average molecular weight is 390 g/mol. The Labute approximate surface area is 157 Å². The number of carbonyl (C=O) groups excluding carboxylic acids is 1. The number of aromatic nitrogens is 2. The highest BCUT2D eigenvalue weighted by Crippen LogP contribution is 2.28. The largest absolute Gasteiger partial charge is 0.333 e. The van der Waals surface area contributed by atoms with Gasteiger partial charge in [-0.3, -0.25) is 9.48 Å². The summed E-state index contributed by atoms with van der Waals surface area (Å²) in [5, 5.41) is 8.71. The zero-order chi connectivity index (χ0) is 16.2. The van der Waals surface area contributed by atoms with E-state index in [4.69, 9.17) is 23.2 Å². The molecule has 130 valence electrons. The van der Waals surface area contributed by atoms with Gasteiger partial charge in [-0.15, -0.1) is 12.4 Å². The van der Waals surface area contributed by atoms with Crippen LogP contribution in [0.4, 0.5) is 0 Å². The molecule has 5 nitrogen and oxygen atoms in total. The summed E-state index contributed by atoms with van der Waals surface area (Å²) in [7, 11) is 0. The molecule has 0 bridgehead atoms. The van der Waals surface area contributed by atoms with Crippen molar-refractivity contribution in [1.29, 1.82) is 0 Å². The number of aryl methyl sites for hydroxylation is 1. The highest BCUT2D eigenvalue weighted by Gasteiger charge is 2.28. The molecule has 1 aromatic heterocycles. The second kappa shape index (κ2) is 8.72. The third kappa shape index (κ3) is 4.42. The molecule has 8 heteroatoms. The number of nitrogens with zero attached hydrogens (tertiary/aromatic N) is 3. The fraction of sp³-hybridized carbons (Fsp3) is 0.375. The highest BCUT2D eigenvalue weighted by molar-refractivity contribution is 6.31. The molecule has 1 aromatic carbocycles. The molecule has 0 radical (unpaired) electrons. The quantitative estimate of drug-likeness (QED) is 0.874. The summed E-state index contributed by atoms with van der Waals surface area (Å²) in [6, 6.07) is 7.65. The van der Waals surface area contributed by atoms with Gasteiger partial charge in [0.1, 0.15) is 0 Å². The number of hydrogen-bond donors (Lipinski definition) is 1. The Morgan fingerprint density at radius 3 is 2.83 bits per heavy atom. The lowest BCUT2D eigenvalue weighted by atomic mass is 10.0. The molecule has 2 heterocycles. The molecule has 1 atom stereocenters. The van der Waals surface area contributed by atoms with Gasteiger partial charge in [-0.1, -0.05) is 41.4 Å². The van der Waals surface area contributed by atoms with Crippen LogP contribution in [-0.2, 0) is 11.3 Å². The first-order valence-electron chi connectivity index (χ1n) is 7.58. The number of carbonyl (C=O) groups is 1. The SMILES string of the molecule is Cl.O=C(CCn1cc(Cl)cn1)N1CCNCC1c1ccccc1Cl. The van der Waals surface area contributed by atoms with Gasteiger partial charge in [0.15, 0.2) is 0 Å². The summed E-state index contributed by atoms with van der Waals surface area (Å²) in [6.07, 6.45) is 3.68. The van der Waals surface area contributed by atoms with Crippen LogP contribution < -0.4 is 5.32 Å². The molecule has 0 saturated carbocycles. The lowest BCUT2D eigenvalue weighted by Crippen LogP contribution is -2.49. The first-order valence-corrected chi connectivity index (χ1v) is 8.33. The maximum absolute atomic E-state index is 12.7. The molecule has 1 N–H and O–H groups in total. The van der Waals surface area contributed by atoms with Crippen molar-refractivity contribution in [3.63, 3.8) is 0 Å². The van der Waals surface area contributed by atoms with Crippen molar-refractivity contribution in [2.75, 3.05) is 19.6 Å². The van der Waals surface area contributed by atoms with E-state index in [1.807, 2.05) is 29.2 Å². The normalized spacial score (nSPS) is 17.4. The molecule has 0 aliphatic carbocycles. The van der Waals surface area contributed by atoms with Crippen molar-refractivity contribution in [2.45, 2.75) is 19.0 Å². The van der Waals surface area contributed by atoms with E-state index in [-0.39, 0.29) is 24.4 Å². The number of amides is 1. The standard InChI is InChI=1S/C16H18Cl2N4O.ClH/c17-12-9-20-21(11-12)7-5-16(23)22-8-6-19-10-15(22)13-3-1-2-4-14(13)18;/h1-4,9,11,15,19H,5-8,10H2;1H. The minimum Gasteiger partial charge on any atom is -0.333 e. The third-order valence-electron chi connectivity index (χ3n) is 3.98. The fourth-order valence-electron chi connectivity index (χ4n) is 2.84. The molecule has 0 spiro atoms. The number of nitrogens with one attached hydrogen (secondary N) is 1. The van der Waals surface area contributed by atoms with E-state index >= 15 is 0 Å². The van der Waals surface area contributed by atoms with Gasteiger partial charge in [-0.25, -0.2) is 0 Å². The predicted octanol–water partition coefficient (Wildman–Crippen LogP) is 3.17. The van der Waals surface area contributed by atoms with Gasteiger partial charge in [0, 0.05) is 43.8 Å². The van der Waals surface area contributed by atoms with Gasteiger partial charge < -0.3 is 10.2 Å². The minimum atomic E-state index is -0.0360. The monoisotopic (exact) mass is 388 g/mol. The van der Waals surface area contributed by atoms with E-state index in [9.17, 15) is 4.79 Å². The van der Waals surface area contributed by atoms with Gasteiger partial charge >= 0.3 is 0 Å². The second-order valence-corrected chi connectivity index (χ2v) is 6.34. The zero-order valence-corrected chi connectivity index (χ0v) is 15.3. The predicted molar refractivity (Wildman–Crippen MR) is 97.9 cm³/mol. The Balaban J connectivity index is 0.00000208. The first kappa shape index (κ1) is 19.1. The van der Waals surface area contributed by atoms with Crippen LogP contribution in [0.3, 0.4) is 0 Å². The lowest BCUT2D eigenvalue weighted by Gasteiger charge is -2.37. The molecule has 1 fully saturated rings. The summed E-state index contributed by atoms with van der Waals surface area (Å²) in [5.74, 6) is 0.100. The third-order valence-corrected chi connectivity index (χ3v) is 4.52. The molecule has 1 amide bonds. The Hall–Kier alpha value is -1.27. The Morgan fingerprint density at radius 1 is 1.33 bits per heavy atom. The van der Waals surface area contributed by atoms with E-state index in [0.29, 0.717) is 36.1 Å². The van der Waals surface area contributed by atoms with Crippen molar-refractivity contribution in [3.8, 4) is 0 Å². The molecule has 1 aliphatic rings. The van der Waals surface area contributed by atoms with Crippen LogP contribution in [0.25, 0.3) is 0 Å². The van der Waals surface area contributed by atoms with E-state index in [0.717, 1.165) is 12.1 Å². The van der Waals surface area contributed by atoms with Gasteiger partial charge in [0.25, 0.3) is 0 Å². The number of piperazine rings is 1. The van der Waals surface area contributed by atoms with Crippen LogP contribution >= 0.6 is 35.6 Å². The summed E-state index contributed by atoms with van der Waals surface area (Å²) in [6.45, 7) is 2.70. The van der Waals surface area contributed by atoms with Crippen LogP contribution in [0.15, 0.2) is 36.7 Å². The number of hydrogen-bond acceptors (Lipinski definition) is 3. The maximum atomic E-state index is 12.7. The first-order chi connectivity index (χ1) is 11.1. The summed E-state index contributed by atoms with van der Waals surface area (Å²) in [5.41, 5.74) is 0.983. The molecule has 1 saturated heterocycles. The lowest BCUT2D eigenvalue weighted by molar-refractivity contribution is -0.134. The summed E-state index contributed by atoms with van der Waals surface area (Å²) >= 11 is 12.2. The van der Waals surface area contributed by atoms with E-state index in [2.05, 4.69) is 10.4 Å². The van der Waals surface area contributed by atoms with Crippen molar-refractivity contribution in [2.24, 2.45) is 0 Å². The Morgan fingerprint density at radius 2 is 2.12 bits per heavy atom. The molecule has 1 aliphatic heterocycles. The average Bonchev–Trinajstić information content (AvgIpc) is 2.99. The van der Waals surface area contributed by atoms with Gasteiger partial charge in [0.05, 0.1) is 17.3 Å². The van der Waals surface area contributed by atoms with Gasteiger partial charge in [-0.05, 0) is 11.6 Å². The number of benzene rings is 1. The molecular weight excluding hydrogens is 371 g/mol. The molecule has 2 aromatic rings. The van der Waals surface area contributed by atoms with E-state index in [1.165, 1.54) is 0 Å². The van der Waals surface area contributed by atoms with Crippen LogP contribution in [0, 0.1) is 0 Å². The van der Waals surface area contributed by atoms with Gasteiger partial charge in [0.2, 0.25) is 5.91 Å². The van der Waals surface area contributed by atoms with Crippen molar-refractivity contribution in [1.82, 2.24) is 20.0 Å². The van der Waals surface area contributed by atoms with Crippen LogP contribution in [-0.4, -0.2) is 40.2 Å². The van der Waals surface area contributed by atoms with E-state index in [1.54, 1.807) is 17.1 Å². The maximum Gasteiger partial charge on any atom is 0.225 e. The van der Waals surface area contributed by atoms with Gasteiger partial charge in [-0.2, -0.15) is 5.10 Å². The second-order valence-electron chi connectivity index (χ2n) is 5.50. The minimum absolute atomic E-state index is 0. The Kier molecular flexibility index (Phi) is 6.92. The summed E-state index contributed by atoms with van der Waals surface area (Å²) in [4.78, 5) is 14.6.